The van der Waals surface area contributed by atoms with Gasteiger partial charge in [-0.05, 0) is 18.6 Å². The van der Waals surface area contributed by atoms with Crippen LogP contribution >= 0.6 is 0 Å². The van der Waals surface area contributed by atoms with Gasteiger partial charge in [-0.1, -0.05) is 0 Å². The normalized spacial score (nSPS) is 12.9. The van der Waals surface area contributed by atoms with Gasteiger partial charge in [-0.2, -0.15) is 0 Å². The molecule has 0 aromatic heterocycles. The fraction of sp³-hybridized carbons (Fsp3) is 0.364. The maximum absolute atomic E-state index is 11.5. The molecule has 0 amide bonds. The van der Waals surface area contributed by atoms with Gasteiger partial charge in [0.25, 0.3) is 0 Å². The molecule has 1 aromatic rings. The minimum absolute atomic E-state index is 0.360. The summed E-state index contributed by atoms with van der Waals surface area (Å²) in [5.74, 6) is 0.269. The van der Waals surface area contributed by atoms with Crippen molar-refractivity contribution in [2.45, 2.75) is 6.42 Å². The van der Waals surface area contributed by atoms with E-state index < -0.39 is 0 Å². The summed E-state index contributed by atoms with van der Waals surface area (Å²) < 4.78 is 9.97. The van der Waals surface area contributed by atoms with Crippen LogP contribution in [-0.4, -0.2) is 26.7 Å². The molecule has 0 saturated heterocycles. The Balaban J connectivity index is 2.52. The van der Waals surface area contributed by atoms with Crippen LogP contribution in [0.25, 0.3) is 0 Å². The number of anilines is 1. The first kappa shape index (κ1) is 9.83. The van der Waals surface area contributed by atoms with E-state index in [0.717, 1.165) is 24.2 Å². The molecule has 0 spiro atoms. The third kappa shape index (κ3) is 1.52. The number of hydrogen-bond donors (Lipinski definition) is 1. The lowest BCUT2D eigenvalue weighted by atomic mass is 10.1. The Labute approximate surface area is 88.2 Å². The van der Waals surface area contributed by atoms with Gasteiger partial charge in [0.1, 0.15) is 11.3 Å². The Bertz CT molecular complexity index is 401. The first-order chi connectivity index (χ1) is 7.27. The zero-order chi connectivity index (χ0) is 10.8. The Morgan fingerprint density at radius 1 is 1.40 bits per heavy atom. The molecule has 1 N–H and O–H groups in total. The summed E-state index contributed by atoms with van der Waals surface area (Å²) in [6.07, 6.45) is 0.878. The Morgan fingerprint density at radius 2 is 2.20 bits per heavy atom. The standard InChI is InChI=1S/C11H13NO3/c1-14-10-7-5-6-12-9(7)4-3-8(10)11(13)15-2/h3-4,12H,5-6H2,1-2H3. The van der Waals surface area contributed by atoms with Crippen LogP contribution in [0.3, 0.4) is 0 Å². The zero-order valence-electron chi connectivity index (χ0n) is 8.79. The van der Waals surface area contributed by atoms with Crippen molar-refractivity contribution in [3.05, 3.63) is 23.3 Å². The topological polar surface area (TPSA) is 47.6 Å². The summed E-state index contributed by atoms with van der Waals surface area (Å²) in [7, 11) is 2.94. The maximum atomic E-state index is 11.5. The Morgan fingerprint density at radius 3 is 2.87 bits per heavy atom. The maximum Gasteiger partial charge on any atom is 0.341 e. The number of benzene rings is 1. The van der Waals surface area contributed by atoms with E-state index in [-0.39, 0.29) is 5.97 Å². The lowest BCUT2D eigenvalue weighted by Gasteiger charge is -2.11. The molecule has 0 saturated carbocycles. The van der Waals surface area contributed by atoms with E-state index in [2.05, 4.69) is 5.32 Å². The third-order valence-electron chi connectivity index (χ3n) is 2.56. The number of hydrogen-bond acceptors (Lipinski definition) is 4. The monoisotopic (exact) mass is 207 g/mol. The van der Waals surface area contributed by atoms with Gasteiger partial charge in [0.15, 0.2) is 0 Å². The van der Waals surface area contributed by atoms with Crippen molar-refractivity contribution in [2.24, 2.45) is 0 Å². The van der Waals surface area contributed by atoms with Crippen molar-refractivity contribution in [3.8, 4) is 5.75 Å². The lowest BCUT2D eigenvalue weighted by Crippen LogP contribution is -2.05. The second-order valence-electron chi connectivity index (χ2n) is 3.34. The highest BCUT2D eigenvalue weighted by Gasteiger charge is 2.21. The molecule has 0 aliphatic carbocycles. The fourth-order valence-corrected chi connectivity index (χ4v) is 1.87. The van der Waals surface area contributed by atoms with Crippen LogP contribution in [0, 0.1) is 0 Å². The molecule has 4 heteroatoms. The molecule has 0 bridgehead atoms. The number of fused-ring (bicyclic) bond motifs is 1. The Kier molecular flexibility index (Phi) is 2.49. The van der Waals surface area contributed by atoms with E-state index in [1.165, 1.54) is 7.11 Å². The van der Waals surface area contributed by atoms with Gasteiger partial charge < -0.3 is 14.8 Å². The third-order valence-corrected chi connectivity index (χ3v) is 2.56. The molecule has 80 valence electrons. The van der Waals surface area contributed by atoms with Gasteiger partial charge in [0.05, 0.1) is 14.2 Å². The number of ether oxygens (including phenoxy) is 2. The number of rotatable bonds is 2. The summed E-state index contributed by atoms with van der Waals surface area (Å²) in [6, 6.07) is 3.61. The summed E-state index contributed by atoms with van der Waals surface area (Å²) in [5, 5.41) is 3.23. The molecule has 2 rings (SSSR count). The first-order valence-electron chi connectivity index (χ1n) is 4.80. The highest BCUT2D eigenvalue weighted by molar-refractivity contribution is 5.94. The summed E-state index contributed by atoms with van der Waals surface area (Å²) >= 11 is 0. The average molecular weight is 207 g/mol. The van der Waals surface area contributed by atoms with E-state index >= 15 is 0 Å². The molecule has 4 nitrogen and oxygen atoms in total. The highest BCUT2D eigenvalue weighted by atomic mass is 16.5. The van der Waals surface area contributed by atoms with Crippen LogP contribution in [0.2, 0.25) is 0 Å². The number of carbonyl (C=O) groups is 1. The van der Waals surface area contributed by atoms with Crippen molar-refractivity contribution in [1.82, 2.24) is 0 Å². The van der Waals surface area contributed by atoms with Crippen LogP contribution in [0.5, 0.6) is 5.75 Å². The molecule has 1 aromatic carbocycles. The van der Waals surface area contributed by atoms with Crippen molar-refractivity contribution in [2.75, 3.05) is 26.1 Å². The molecular weight excluding hydrogens is 194 g/mol. The van der Waals surface area contributed by atoms with Crippen LogP contribution in [0.1, 0.15) is 15.9 Å². The quantitative estimate of drug-likeness (QED) is 0.746. The van der Waals surface area contributed by atoms with E-state index in [4.69, 9.17) is 9.47 Å². The average Bonchev–Trinajstić information content (AvgIpc) is 2.74. The van der Waals surface area contributed by atoms with Gasteiger partial charge in [-0.15, -0.1) is 0 Å². The minimum Gasteiger partial charge on any atom is -0.495 e. The fourth-order valence-electron chi connectivity index (χ4n) is 1.87. The van der Waals surface area contributed by atoms with Crippen molar-refractivity contribution in [3.63, 3.8) is 0 Å². The number of nitrogens with one attached hydrogen (secondary N) is 1. The number of carbonyl (C=O) groups excluding carboxylic acids is 1. The van der Waals surface area contributed by atoms with E-state index in [9.17, 15) is 4.79 Å². The van der Waals surface area contributed by atoms with Crippen molar-refractivity contribution >= 4 is 11.7 Å². The molecule has 0 unspecified atom stereocenters. The second-order valence-corrected chi connectivity index (χ2v) is 3.34. The number of methoxy groups -OCH3 is 2. The molecule has 0 fully saturated rings. The smallest absolute Gasteiger partial charge is 0.341 e. The first-order valence-corrected chi connectivity index (χ1v) is 4.80. The SMILES string of the molecule is COC(=O)c1ccc2c(c1OC)CCN2. The molecule has 15 heavy (non-hydrogen) atoms. The highest BCUT2D eigenvalue weighted by Crippen LogP contribution is 2.34. The molecule has 1 aliphatic heterocycles. The zero-order valence-corrected chi connectivity index (χ0v) is 8.79. The molecule has 0 atom stereocenters. The molecule has 1 aliphatic rings. The predicted molar refractivity (Wildman–Crippen MR) is 56.5 cm³/mol. The van der Waals surface area contributed by atoms with Gasteiger partial charge in [0.2, 0.25) is 0 Å². The van der Waals surface area contributed by atoms with Crippen LogP contribution in [-0.2, 0) is 11.2 Å². The lowest BCUT2D eigenvalue weighted by molar-refractivity contribution is 0.0597. The van der Waals surface area contributed by atoms with Crippen LogP contribution in [0.15, 0.2) is 12.1 Å². The summed E-state index contributed by atoms with van der Waals surface area (Å²) in [6.45, 7) is 0.885. The summed E-state index contributed by atoms with van der Waals surface area (Å²) in [5.41, 5.74) is 2.59. The van der Waals surface area contributed by atoms with Crippen molar-refractivity contribution < 1.29 is 14.3 Å². The van der Waals surface area contributed by atoms with Gasteiger partial charge in [-0.3, -0.25) is 0 Å². The van der Waals surface area contributed by atoms with Gasteiger partial charge >= 0.3 is 5.97 Å². The van der Waals surface area contributed by atoms with Crippen LogP contribution < -0.4 is 10.1 Å². The molecule has 0 radical (unpaired) electrons. The molecular formula is C11H13NO3. The summed E-state index contributed by atoms with van der Waals surface area (Å²) in [4.78, 5) is 11.5. The van der Waals surface area contributed by atoms with Gasteiger partial charge in [-0.25, -0.2) is 4.79 Å². The largest absolute Gasteiger partial charge is 0.495 e. The van der Waals surface area contributed by atoms with E-state index in [1.54, 1.807) is 13.2 Å². The minimum atomic E-state index is -0.360. The predicted octanol–water partition coefficient (Wildman–Crippen LogP) is 1.45. The van der Waals surface area contributed by atoms with Crippen LogP contribution in [0.4, 0.5) is 5.69 Å². The molecule has 1 heterocycles. The second kappa shape index (κ2) is 3.81. The number of esters is 1. The van der Waals surface area contributed by atoms with Crippen molar-refractivity contribution in [1.29, 1.82) is 0 Å². The Hall–Kier alpha value is -1.71. The van der Waals surface area contributed by atoms with E-state index in [0.29, 0.717) is 11.3 Å². The van der Waals surface area contributed by atoms with Gasteiger partial charge in [0, 0.05) is 17.8 Å². The van der Waals surface area contributed by atoms with E-state index in [1.807, 2.05) is 6.07 Å².